The molecule has 0 N–H and O–H groups in total. The van der Waals surface area contributed by atoms with Crippen LogP contribution in [0.4, 0.5) is 0 Å². The largest absolute Gasteiger partial charge is 0.306 e. The number of likely N-dealkylation sites (tertiary alicyclic amines) is 1. The molecule has 1 heterocycles. The van der Waals surface area contributed by atoms with Gasteiger partial charge in [0.15, 0.2) is 0 Å². The second-order valence-corrected chi connectivity index (χ2v) is 6.85. The first-order chi connectivity index (χ1) is 9.72. The standard InChI is InChI=1S/C18H28N2/c1-19-11-9-18(10-12-19)20(2)14-15-7-8-16-5-3-4-6-17(16)13-15/h3-6,15,18H,7-14H2,1-2H3/t15-/m1/s1. The van der Waals surface area contributed by atoms with E-state index in [1.807, 2.05) is 0 Å². The van der Waals surface area contributed by atoms with Crippen molar-refractivity contribution in [1.82, 2.24) is 9.80 Å². The second kappa shape index (κ2) is 6.28. The highest BCUT2D eigenvalue weighted by Crippen LogP contribution is 2.27. The predicted octanol–water partition coefficient (Wildman–Crippen LogP) is 2.82. The maximum atomic E-state index is 2.64. The van der Waals surface area contributed by atoms with Crippen LogP contribution in [0.2, 0.25) is 0 Å². The molecule has 1 aliphatic heterocycles. The highest BCUT2D eigenvalue weighted by molar-refractivity contribution is 5.29. The van der Waals surface area contributed by atoms with Gasteiger partial charge in [0.2, 0.25) is 0 Å². The van der Waals surface area contributed by atoms with Crippen molar-refractivity contribution in [2.24, 2.45) is 5.92 Å². The van der Waals surface area contributed by atoms with Crippen LogP contribution in [0.1, 0.15) is 30.4 Å². The zero-order valence-corrected chi connectivity index (χ0v) is 13.0. The fourth-order valence-electron chi connectivity index (χ4n) is 3.92. The lowest BCUT2D eigenvalue weighted by molar-refractivity contribution is 0.126. The third-order valence-electron chi connectivity index (χ3n) is 5.31. The van der Waals surface area contributed by atoms with E-state index in [1.54, 1.807) is 11.1 Å². The lowest BCUT2D eigenvalue weighted by Crippen LogP contribution is -2.44. The number of hydrogen-bond acceptors (Lipinski definition) is 2. The lowest BCUT2D eigenvalue weighted by Gasteiger charge is -2.37. The third kappa shape index (κ3) is 3.24. The number of rotatable bonds is 3. The van der Waals surface area contributed by atoms with Crippen molar-refractivity contribution in [1.29, 1.82) is 0 Å². The highest BCUT2D eigenvalue weighted by Gasteiger charge is 2.24. The molecule has 0 radical (unpaired) electrons. The van der Waals surface area contributed by atoms with Crippen LogP contribution in [0.5, 0.6) is 0 Å². The SMILES string of the molecule is CN1CCC(N(C)C[C@@H]2CCc3ccccc3C2)CC1. The maximum absolute atomic E-state index is 2.64. The first-order valence-corrected chi connectivity index (χ1v) is 8.18. The van der Waals surface area contributed by atoms with E-state index < -0.39 is 0 Å². The molecule has 2 aliphatic rings. The van der Waals surface area contributed by atoms with Gasteiger partial charge in [0.05, 0.1) is 0 Å². The fourth-order valence-corrected chi connectivity index (χ4v) is 3.92. The monoisotopic (exact) mass is 272 g/mol. The van der Waals surface area contributed by atoms with Crippen molar-refractivity contribution in [3.8, 4) is 0 Å². The Bertz CT molecular complexity index is 435. The summed E-state index contributed by atoms with van der Waals surface area (Å²) in [5.74, 6) is 0.856. The normalized spacial score (nSPS) is 24.9. The number of nitrogens with zero attached hydrogens (tertiary/aromatic N) is 2. The summed E-state index contributed by atoms with van der Waals surface area (Å²) in [7, 11) is 4.59. The van der Waals surface area contributed by atoms with Gasteiger partial charge < -0.3 is 9.80 Å². The van der Waals surface area contributed by atoms with Crippen molar-refractivity contribution in [3.05, 3.63) is 35.4 Å². The molecular formula is C18H28N2. The van der Waals surface area contributed by atoms with Gasteiger partial charge in [0, 0.05) is 12.6 Å². The van der Waals surface area contributed by atoms with Crippen molar-refractivity contribution >= 4 is 0 Å². The Morgan fingerprint density at radius 1 is 1.10 bits per heavy atom. The van der Waals surface area contributed by atoms with E-state index in [-0.39, 0.29) is 0 Å². The molecule has 0 spiro atoms. The highest BCUT2D eigenvalue weighted by atomic mass is 15.2. The van der Waals surface area contributed by atoms with E-state index in [1.165, 1.54) is 51.7 Å². The summed E-state index contributed by atoms with van der Waals surface area (Å²) in [6.45, 7) is 3.81. The zero-order chi connectivity index (χ0) is 13.9. The molecule has 0 bridgehead atoms. The van der Waals surface area contributed by atoms with Crippen LogP contribution in [0.3, 0.4) is 0 Å². The summed E-state index contributed by atoms with van der Waals surface area (Å²) in [6, 6.07) is 9.83. The zero-order valence-electron chi connectivity index (χ0n) is 13.0. The van der Waals surface area contributed by atoms with Gasteiger partial charge in [-0.05, 0) is 76.3 Å². The molecule has 1 aromatic carbocycles. The maximum Gasteiger partial charge on any atom is 0.0117 e. The van der Waals surface area contributed by atoms with Crippen LogP contribution in [-0.4, -0.2) is 49.6 Å². The molecule has 2 nitrogen and oxygen atoms in total. The molecule has 0 saturated carbocycles. The molecule has 1 aromatic rings. The number of aryl methyl sites for hydroxylation is 1. The third-order valence-corrected chi connectivity index (χ3v) is 5.31. The Labute approximate surface area is 123 Å². The van der Waals surface area contributed by atoms with E-state index >= 15 is 0 Å². The quantitative estimate of drug-likeness (QED) is 0.835. The molecule has 0 aromatic heterocycles. The number of fused-ring (bicyclic) bond motifs is 1. The molecular weight excluding hydrogens is 244 g/mol. The van der Waals surface area contributed by atoms with E-state index in [4.69, 9.17) is 0 Å². The first-order valence-electron chi connectivity index (χ1n) is 8.18. The Kier molecular flexibility index (Phi) is 4.42. The second-order valence-electron chi connectivity index (χ2n) is 6.85. The van der Waals surface area contributed by atoms with E-state index in [2.05, 4.69) is 48.2 Å². The van der Waals surface area contributed by atoms with E-state index in [9.17, 15) is 0 Å². The molecule has 0 unspecified atom stereocenters. The smallest absolute Gasteiger partial charge is 0.0117 e. The van der Waals surface area contributed by atoms with Crippen LogP contribution in [0, 0.1) is 5.92 Å². The van der Waals surface area contributed by atoms with Crippen LogP contribution in [0.15, 0.2) is 24.3 Å². The van der Waals surface area contributed by atoms with Gasteiger partial charge in [-0.2, -0.15) is 0 Å². The minimum atomic E-state index is 0.809. The van der Waals surface area contributed by atoms with Crippen LogP contribution in [0.25, 0.3) is 0 Å². The van der Waals surface area contributed by atoms with Crippen molar-refractivity contribution in [3.63, 3.8) is 0 Å². The Hall–Kier alpha value is -0.860. The van der Waals surface area contributed by atoms with Crippen molar-refractivity contribution < 1.29 is 0 Å². The Morgan fingerprint density at radius 3 is 2.55 bits per heavy atom. The lowest BCUT2D eigenvalue weighted by atomic mass is 9.83. The van der Waals surface area contributed by atoms with Gasteiger partial charge in [0.1, 0.15) is 0 Å². The summed E-state index contributed by atoms with van der Waals surface area (Å²) >= 11 is 0. The van der Waals surface area contributed by atoms with Gasteiger partial charge in [-0.25, -0.2) is 0 Å². The van der Waals surface area contributed by atoms with Crippen LogP contribution < -0.4 is 0 Å². The van der Waals surface area contributed by atoms with Crippen molar-refractivity contribution in [2.75, 3.05) is 33.7 Å². The molecule has 1 saturated heterocycles. The minimum absolute atomic E-state index is 0.809. The van der Waals surface area contributed by atoms with E-state index in [0.29, 0.717) is 0 Å². The number of piperidine rings is 1. The van der Waals surface area contributed by atoms with Crippen molar-refractivity contribution in [2.45, 2.75) is 38.1 Å². The van der Waals surface area contributed by atoms with Gasteiger partial charge in [-0.15, -0.1) is 0 Å². The topological polar surface area (TPSA) is 6.48 Å². The van der Waals surface area contributed by atoms with Crippen LogP contribution in [-0.2, 0) is 12.8 Å². The minimum Gasteiger partial charge on any atom is -0.306 e. The van der Waals surface area contributed by atoms with E-state index in [0.717, 1.165) is 12.0 Å². The summed E-state index contributed by atoms with van der Waals surface area (Å²) < 4.78 is 0. The Morgan fingerprint density at radius 2 is 1.80 bits per heavy atom. The summed E-state index contributed by atoms with van der Waals surface area (Å²) in [6.07, 6.45) is 6.62. The molecule has 110 valence electrons. The predicted molar refractivity (Wildman–Crippen MR) is 85.1 cm³/mol. The van der Waals surface area contributed by atoms with Gasteiger partial charge in [-0.1, -0.05) is 24.3 Å². The molecule has 3 rings (SSSR count). The van der Waals surface area contributed by atoms with Crippen LogP contribution >= 0.6 is 0 Å². The van der Waals surface area contributed by atoms with Gasteiger partial charge >= 0.3 is 0 Å². The average molecular weight is 272 g/mol. The molecule has 1 aliphatic carbocycles. The summed E-state index contributed by atoms with van der Waals surface area (Å²) in [5, 5.41) is 0. The fraction of sp³-hybridized carbons (Fsp3) is 0.667. The molecule has 1 atom stereocenters. The number of hydrogen-bond donors (Lipinski definition) is 0. The van der Waals surface area contributed by atoms with Gasteiger partial charge in [-0.3, -0.25) is 0 Å². The molecule has 2 heteroatoms. The molecule has 20 heavy (non-hydrogen) atoms. The number of benzene rings is 1. The average Bonchev–Trinajstić information content (AvgIpc) is 2.48. The Balaban J connectivity index is 1.54. The summed E-state index contributed by atoms with van der Waals surface area (Å²) in [4.78, 5) is 5.10. The first kappa shape index (κ1) is 14.1. The molecule has 0 amide bonds. The summed E-state index contributed by atoms with van der Waals surface area (Å²) in [5.41, 5.74) is 3.19. The molecule has 1 fully saturated rings. The van der Waals surface area contributed by atoms with Gasteiger partial charge in [0.25, 0.3) is 0 Å².